The maximum atomic E-state index is 14.9. The lowest BCUT2D eigenvalue weighted by Crippen LogP contribution is -2.44. The van der Waals surface area contributed by atoms with Crippen molar-refractivity contribution in [1.82, 2.24) is 9.55 Å². The van der Waals surface area contributed by atoms with E-state index in [1.54, 1.807) is 19.9 Å². The van der Waals surface area contributed by atoms with Gasteiger partial charge >= 0.3 is 5.97 Å². The molecule has 0 bridgehead atoms. The summed E-state index contributed by atoms with van der Waals surface area (Å²) in [6, 6.07) is 2.94. The molecule has 2 aromatic heterocycles. The van der Waals surface area contributed by atoms with Gasteiger partial charge < -0.3 is 25.3 Å². The molecule has 0 spiro atoms. The summed E-state index contributed by atoms with van der Waals surface area (Å²) in [5, 5.41) is 21.9. The first-order valence-corrected chi connectivity index (χ1v) is 12.3. The van der Waals surface area contributed by atoms with Crippen LogP contribution >= 0.6 is 0 Å². The first-order chi connectivity index (χ1) is 17.6. The van der Waals surface area contributed by atoms with E-state index in [1.165, 1.54) is 10.6 Å². The number of halogens is 1. The highest BCUT2D eigenvalue weighted by molar-refractivity contribution is 5.94. The van der Waals surface area contributed by atoms with Gasteiger partial charge in [0, 0.05) is 22.6 Å². The lowest BCUT2D eigenvalue weighted by atomic mass is 9.72. The summed E-state index contributed by atoms with van der Waals surface area (Å²) in [6.45, 7) is 2.77. The Labute approximate surface area is 210 Å². The Morgan fingerprint density at radius 2 is 2.08 bits per heavy atom. The number of hydrogen-bond acceptors (Lipinski definition) is 7. The molecule has 3 aromatic rings. The molecular weight excluding hydrogens is 481 g/mol. The van der Waals surface area contributed by atoms with Crippen LogP contribution in [-0.4, -0.2) is 38.2 Å². The number of primary amides is 1. The van der Waals surface area contributed by atoms with Crippen LogP contribution in [0.15, 0.2) is 16.9 Å². The topological polar surface area (TPSA) is 145 Å². The zero-order chi connectivity index (χ0) is 26.4. The van der Waals surface area contributed by atoms with Gasteiger partial charge in [-0.1, -0.05) is 6.92 Å². The highest BCUT2D eigenvalue weighted by atomic mass is 19.1. The second-order valence-corrected chi connectivity index (χ2v) is 10.1. The van der Waals surface area contributed by atoms with Crippen molar-refractivity contribution in [2.24, 2.45) is 11.7 Å². The fourth-order valence-electron chi connectivity index (χ4n) is 6.41. The number of cyclic esters (lactones) is 1. The summed E-state index contributed by atoms with van der Waals surface area (Å²) in [5.41, 5.74) is 7.58. The molecule has 0 fully saturated rings. The first-order valence-electron chi connectivity index (χ1n) is 12.3. The van der Waals surface area contributed by atoms with E-state index in [2.05, 4.69) is 0 Å². The van der Waals surface area contributed by atoms with Crippen LogP contribution in [0.3, 0.4) is 0 Å². The highest BCUT2D eigenvalue weighted by Crippen LogP contribution is 2.48. The number of hydrogen-bond donors (Lipinski definition) is 3. The average molecular weight is 508 g/mol. The summed E-state index contributed by atoms with van der Waals surface area (Å²) in [7, 11) is 0. The van der Waals surface area contributed by atoms with E-state index in [-0.39, 0.29) is 30.7 Å². The molecule has 3 atom stereocenters. The Hall–Kier alpha value is -3.63. The van der Waals surface area contributed by atoms with E-state index in [0.717, 1.165) is 16.5 Å². The monoisotopic (exact) mass is 507 g/mol. The minimum atomic E-state index is -1.97. The Balaban J connectivity index is 1.69. The van der Waals surface area contributed by atoms with E-state index < -0.39 is 47.3 Å². The molecule has 1 aromatic carbocycles. The molecule has 4 N–H and O–H groups in total. The number of aliphatic hydroxyl groups is 2. The molecule has 192 valence electrons. The largest absolute Gasteiger partial charge is 0.458 e. The average Bonchev–Trinajstić information content (AvgIpc) is 3.24. The highest BCUT2D eigenvalue weighted by Gasteiger charge is 2.46. The van der Waals surface area contributed by atoms with Gasteiger partial charge in [-0.2, -0.15) is 0 Å². The molecule has 1 amide bonds. The van der Waals surface area contributed by atoms with Gasteiger partial charge in [0.15, 0.2) is 5.60 Å². The van der Waals surface area contributed by atoms with Crippen molar-refractivity contribution in [3.8, 4) is 11.4 Å². The number of nitrogens with two attached hydrogens (primary N) is 1. The molecule has 4 heterocycles. The second kappa shape index (κ2) is 7.93. The Kier molecular flexibility index (Phi) is 5.09. The number of aromatic nitrogens is 2. The summed E-state index contributed by atoms with van der Waals surface area (Å²) >= 11 is 0. The number of carbonyl (C=O) groups excluding carboxylic acids is 2. The van der Waals surface area contributed by atoms with Gasteiger partial charge in [-0.15, -0.1) is 0 Å². The van der Waals surface area contributed by atoms with Crippen molar-refractivity contribution < 1.29 is 28.9 Å². The van der Waals surface area contributed by atoms with Gasteiger partial charge in [0.05, 0.1) is 41.5 Å². The Morgan fingerprint density at radius 1 is 1.32 bits per heavy atom. The lowest BCUT2D eigenvalue weighted by molar-refractivity contribution is -0.172. The number of pyridine rings is 2. The Morgan fingerprint density at radius 3 is 2.76 bits per heavy atom. The number of nitrogens with zero attached hydrogens (tertiary/aromatic N) is 2. The van der Waals surface area contributed by atoms with Crippen LogP contribution in [0.4, 0.5) is 4.39 Å². The van der Waals surface area contributed by atoms with Crippen molar-refractivity contribution in [1.29, 1.82) is 0 Å². The van der Waals surface area contributed by atoms with Crippen LogP contribution < -0.4 is 11.3 Å². The smallest absolute Gasteiger partial charge is 0.343 e. The van der Waals surface area contributed by atoms with Crippen LogP contribution in [-0.2, 0) is 39.5 Å². The number of amides is 1. The van der Waals surface area contributed by atoms with Gasteiger partial charge in [-0.25, -0.2) is 14.2 Å². The summed E-state index contributed by atoms with van der Waals surface area (Å²) in [6.07, 6.45) is 0.973. The van der Waals surface area contributed by atoms with Gasteiger partial charge in [0.25, 0.3) is 5.56 Å². The van der Waals surface area contributed by atoms with Crippen molar-refractivity contribution in [2.45, 2.75) is 57.8 Å². The number of rotatable bonds is 4. The van der Waals surface area contributed by atoms with Gasteiger partial charge in [-0.05, 0) is 54.9 Å². The predicted molar refractivity (Wildman–Crippen MR) is 130 cm³/mol. The van der Waals surface area contributed by atoms with Gasteiger partial charge in [0.2, 0.25) is 5.91 Å². The third-order valence-corrected chi connectivity index (χ3v) is 8.47. The van der Waals surface area contributed by atoms with E-state index in [9.17, 15) is 29.0 Å². The van der Waals surface area contributed by atoms with E-state index in [1.807, 2.05) is 0 Å². The quantitative estimate of drug-likeness (QED) is 0.356. The number of esters is 1. The van der Waals surface area contributed by atoms with Crippen LogP contribution in [0, 0.1) is 18.7 Å². The number of carbonyl (C=O) groups is 2. The van der Waals surface area contributed by atoms with Crippen molar-refractivity contribution in [2.75, 3.05) is 6.61 Å². The Bertz CT molecular complexity index is 1610. The van der Waals surface area contributed by atoms with Crippen LogP contribution in [0.2, 0.25) is 0 Å². The minimum absolute atomic E-state index is 0.0116. The predicted octanol–water partition coefficient (Wildman–Crippen LogP) is 1.65. The van der Waals surface area contributed by atoms with Crippen molar-refractivity contribution >= 4 is 22.8 Å². The summed E-state index contributed by atoms with van der Waals surface area (Å²) in [4.78, 5) is 43.2. The fraction of sp³-hybridized carbons (Fsp3) is 0.407. The second-order valence-electron chi connectivity index (χ2n) is 10.1. The lowest BCUT2D eigenvalue weighted by Gasteiger charge is -2.32. The summed E-state index contributed by atoms with van der Waals surface area (Å²) in [5.74, 6) is -3.17. The number of benzene rings is 1. The number of ether oxygens (including phenoxy) is 1. The van der Waals surface area contributed by atoms with Crippen molar-refractivity contribution in [3.63, 3.8) is 0 Å². The standard InChI is InChI=1S/C27H26FN3O6/c1-3-27(36)17-6-20-23-14(8-31(20)25(34)16(17)10-37-26(27)35)21-13(15(9-32)24(29)33)5-4-12-11(2)18(28)7-19(30-23)22(12)21/h6-7,13,15,32,36H,3-5,8-10H2,1-2H3,(H2,29,33)/t13-,15?,27-/m0/s1. The normalized spacial score (nSPS) is 22.3. The zero-order valence-corrected chi connectivity index (χ0v) is 20.4. The number of fused-ring (bicyclic) bond motifs is 5. The van der Waals surface area contributed by atoms with E-state index in [0.29, 0.717) is 40.9 Å². The molecule has 10 heteroatoms. The maximum Gasteiger partial charge on any atom is 0.343 e. The molecule has 0 saturated heterocycles. The molecule has 0 radical (unpaired) electrons. The SMILES string of the molecule is CC[C@@]1(O)C(=O)OCc2c1cc1n(c2=O)Cc2c-1nc1cc(F)c(C)c3c1c2[C@H](C(CO)C(N)=O)CC3. The van der Waals surface area contributed by atoms with Gasteiger partial charge in [0.1, 0.15) is 12.4 Å². The van der Waals surface area contributed by atoms with E-state index >= 15 is 0 Å². The third kappa shape index (κ3) is 3.02. The van der Waals surface area contributed by atoms with Crippen LogP contribution in [0.5, 0.6) is 0 Å². The summed E-state index contributed by atoms with van der Waals surface area (Å²) < 4.78 is 21.6. The minimum Gasteiger partial charge on any atom is -0.458 e. The fourth-order valence-corrected chi connectivity index (χ4v) is 6.41. The van der Waals surface area contributed by atoms with Crippen LogP contribution in [0.25, 0.3) is 22.3 Å². The molecule has 3 aliphatic rings. The molecule has 6 rings (SSSR count). The maximum absolute atomic E-state index is 14.9. The van der Waals surface area contributed by atoms with Crippen LogP contribution in [0.1, 0.15) is 59.1 Å². The molecular formula is C27H26FN3O6. The van der Waals surface area contributed by atoms with E-state index in [4.69, 9.17) is 15.5 Å². The number of aryl methyl sites for hydroxylation is 1. The zero-order valence-electron chi connectivity index (χ0n) is 20.4. The first kappa shape index (κ1) is 23.7. The number of aliphatic hydroxyl groups excluding tert-OH is 1. The molecule has 2 aliphatic heterocycles. The molecule has 0 saturated carbocycles. The third-order valence-electron chi connectivity index (χ3n) is 8.47. The molecule has 9 nitrogen and oxygen atoms in total. The van der Waals surface area contributed by atoms with Gasteiger partial charge in [-0.3, -0.25) is 9.59 Å². The molecule has 1 aliphatic carbocycles. The van der Waals surface area contributed by atoms with Crippen molar-refractivity contribution in [3.05, 3.63) is 61.7 Å². The molecule has 1 unspecified atom stereocenters. The molecule has 37 heavy (non-hydrogen) atoms.